The Bertz CT molecular complexity index is 1170. The number of nitro benzene ring substituents is 1. The molecule has 190 valence electrons. The van der Waals surface area contributed by atoms with Gasteiger partial charge in [-0.15, -0.1) is 0 Å². The summed E-state index contributed by atoms with van der Waals surface area (Å²) in [4.78, 5) is 56.6. The zero-order valence-electron chi connectivity index (χ0n) is 19.2. The molecule has 1 atom stereocenters. The zero-order chi connectivity index (χ0) is 26.3. The number of hydrogen-bond acceptors (Lipinski definition) is 9. The van der Waals surface area contributed by atoms with Gasteiger partial charge in [-0.3, -0.25) is 28.9 Å². The van der Waals surface area contributed by atoms with Crippen molar-refractivity contribution in [2.75, 3.05) is 37.6 Å². The van der Waals surface area contributed by atoms with Gasteiger partial charge in [-0.25, -0.2) is 14.4 Å². The first-order valence-electron chi connectivity index (χ1n) is 10.5. The molecule has 3 N–H and O–H groups in total. The minimum Gasteiger partial charge on any atom is -0.473 e. The third kappa shape index (κ3) is 7.48. The van der Waals surface area contributed by atoms with Gasteiger partial charge in [-0.05, 0) is 12.0 Å². The number of β-amino-alcohol motifs (C(OH)–C–C–N with tert-alkyl or cyclic N) is 1. The number of hydrogen-bond donors (Lipinski definition) is 3. The second kappa shape index (κ2) is 11.9. The van der Waals surface area contributed by atoms with E-state index in [1.54, 1.807) is 19.2 Å². The number of carboxylic acid groups (broad SMARTS) is 2. The predicted octanol–water partition coefficient (Wildman–Crippen LogP) is -1.13. The summed E-state index contributed by atoms with van der Waals surface area (Å²) in [6.07, 6.45) is -0.169. The number of non-ortho nitro benzene ring substituents is 1. The van der Waals surface area contributed by atoms with Crippen molar-refractivity contribution < 1.29 is 29.8 Å². The zero-order valence-corrected chi connectivity index (χ0v) is 19.2. The maximum absolute atomic E-state index is 12.1. The number of benzene rings is 1. The van der Waals surface area contributed by atoms with Gasteiger partial charge in [0.15, 0.2) is 0 Å². The summed E-state index contributed by atoms with van der Waals surface area (Å²) in [5.41, 5.74) is 0.193. The van der Waals surface area contributed by atoms with Crippen LogP contribution in [0.25, 0.3) is 0 Å². The lowest BCUT2D eigenvalue weighted by Gasteiger charge is -2.37. The molecule has 1 aromatic carbocycles. The van der Waals surface area contributed by atoms with Gasteiger partial charge in [-0.1, -0.05) is 12.1 Å². The maximum atomic E-state index is 12.1. The van der Waals surface area contributed by atoms with Crippen molar-refractivity contribution in [1.29, 1.82) is 0 Å². The first-order chi connectivity index (χ1) is 16.4. The largest absolute Gasteiger partial charge is 0.473 e. The number of aliphatic hydroxyl groups excluding tert-OH is 1. The monoisotopic (exact) mass is 493 g/mol. The fourth-order valence-corrected chi connectivity index (χ4v) is 3.57. The molecule has 0 radical (unpaired) electrons. The number of nitro groups is 1. The first-order valence-corrected chi connectivity index (χ1v) is 10.5. The van der Waals surface area contributed by atoms with Crippen molar-refractivity contribution in [3.05, 3.63) is 66.8 Å². The number of aliphatic hydroxyl groups is 1. The van der Waals surface area contributed by atoms with Crippen molar-refractivity contribution in [1.82, 2.24) is 14.0 Å². The van der Waals surface area contributed by atoms with E-state index in [0.717, 1.165) is 10.1 Å². The van der Waals surface area contributed by atoms with E-state index in [2.05, 4.69) is 4.90 Å². The normalized spacial score (nSPS) is 14.5. The fraction of sp³-hybridized carbons (Fsp3) is 0.429. The molecule has 1 unspecified atom stereocenters. The van der Waals surface area contributed by atoms with Crippen LogP contribution in [0.3, 0.4) is 0 Å². The Morgan fingerprint density at radius 2 is 1.54 bits per heavy atom. The summed E-state index contributed by atoms with van der Waals surface area (Å²) < 4.78 is 2.55. The van der Waals surface area contributed by atoms with E-state index in [-0.39, 0.29) is 16.9 Å². The number of piperazine rings is 1. The van der Waals surface area contributed by atoms with E-state index in [0.29, 0.717) is 45.0 Å². The number of carboxylic acids is 2. The van der Waals surface area contributed by atoms with Gasteiger partial charge in [0.1, 0.15) is 5.82 Å². The molecule has 0 saturated carbocycles. The van der Waals surface area contributed by atoms with Crippen LogP contribution in [-0.2, 0) is 30.1 Å². The van der Waals surface area contributed by atoms with Crippen LogP contribution in [0, 0.1) is 10.1 Å². The van der Waals surface area contributed by atoms with Crippen LogP contribution in [0.15, 0.2) is 39.9 Å². The minimum absolute atomic E-state index is 0.0319. The number of nitrogens with zero attached hydrogens (tertiary/aromatic N) is 5. The van der Waals surface area contributed by atoms with E-state index in [4.69, 9.17) is 19.8 Å². The lowest BCUT2D eigenvalue weighted by molar-refractivity contribution is -0.384. The quantitative estimate of drug-likeness (QED) is 0.251. The number of aliphatic carboxylic acids is 2. The molecule has 14 heteroatoms. The van der Waals surface area contributed by atoms with Gasteiger partial charge < -0.3 is 20.2 Å². The topological polar surface area (TPSA) is 188 Å². The van der Waals surface area contributed by atoms with Gasteiger partial charge in [0.2, 0.25) is 0 Å². The van der Waals surface area contributed by atoms with Gasteiger partial charge in [0.05, 0.1) is 11.0 Å². The van der Waals surface area contributed by atoms with E-state index >= 15 is 0 Å². The van der Waals surface area contributed by atoms with Crippen LogP contribution in [0.5, 0.6) is 0 Å². The molecule has 1 fully saturated rings. The summed E-state index contributed by atoms with van der Waals surface area (Å²) in [6.45, 7) is 3.16. The highest BCUT2D eigenvalue weighted by Crippen LogP contribution is 2.15. The van der Waals surface area contributed by atoms with Crippen molar-refractivity contribution in [2.24, 2.45) is 14.1 Å². The van der Waals surface area contributed by atoms with Crippen LogP contribution < -0.4 is 16.1 Å². The van der Waals surface area contributed by atoms with Gasteiger partial charge in [0.25, 0.3) is 11.2 Å². The Morgan fingerprint density at radius 1 is 1.00 bits per heavy atom. The highest BCUT2D eigenvalue weighted by molar-refractivity contribution is 6.27. The molecule has 3 rings (SSSR count). The first kappa shape index (κ1) is 27.2. The Hall–Kier alpha value is -4.04. The second-order valence-corrected chi connectivity index (χ2v) is 7.92. The van der Waals surface area contributed by atoms with E-state index in [9.17, 15) is 24.8 Å². The SMILES string of the molecule is Cn1c(N2CCN(CC(O)Cc3ccc([N+](=O)[O-])cc3)CC2)cc(=O)n(C)c1=O.O=C(O)C(=O)O. The molecule has 35 heavy (non-hydrogen) atoms. The molecule has 2 heterocycles. The van der Waals surface area contributed by atoms with Crippen LogP contribution in [0.1, 0.15) is 5.56 Å². The summed E-state index contributed by atoms with van der Waals surface area (Å²) in [5.74, 6) is -3.05. The molecule has 1 aliphatic rings. The van der Waals surface area contributed by atoms with E-state index in [1.165, 1.54) is 29.8 Å². The molecule has 0 amide bonds. The number of carbonyl (C=O) groups is 2. The van der Waals surface area contributed by atoms with Crippen molar-refractivity contribution in [3.8, 4) is 0 Å². The highest BCUT2D eigenvalue weighted by atomic mass is 16.6. The molecule has 0 aliphatic carbocycles. The maximum Gasteiger partial charge on any atom is 0.414 e. The van der Waals surface area contributed by atoms with Crippen LogP contribution >= 0.6 is 0 Å². The highest BCUT2D eigenvalue weighted by Gasteiger charge is 2.22. The number of aromatic nitrogens is 2. The predicted molar refractivity (Wildman–Crippen MR) is 124 cm³/mol. The Kier molecular flexibility index (Phi) is 9.25. The summed E-state index contributed by atoms with van der Waals surface area (Å²) in [6, 6.07) is 7.68. The molecule has 2 aromatic rings. The van der Waals surface area contributed by atoms with Gasteiger partial charge in [-0.2, -0.15) is 0 Å². The summed E-state index contributed by atoms with van der Waals surface area (Å²) in [7, 11) is 3.11. The van der Waals surface area contributed by atoms with Crippen LogP contribution in [-0.4, -0.2) is 85.0 Å². The Morgan fingerprint density at radius 3 is 2.03 bits per heavy atom. The molecule has 1 aromatic heterocycles. The lowest BCUT2D eigenvalue weighted by atomic mass is 10.1. The summed E-state index contributed by atoms with van der Waals surface area (Å²) in [5, 5.41) is 35.9. The van der Waals surface area contributed by atoms with Crippen molar-refractivity contribution in [2.45, 2.75) is 12.5 Å². The summed E-state index contributed by atoms with van der Waals surface area (Å²) >= 11 is 0. The van der Waals surface area contributed by atoms with Crippen LogP contribution in [0.2, 0.25) is 0 Å². The van der Waals surface area contributed by atoms with Crippen molar-refractivity contribution in [3.63, 3.8) is 0 Å². The standard InChI is InChI=1S/C19H25N5O5.C2H2O4/c1-20-17(12-18(26)21(2)19(20)27)23-9-7-22(8-10-23)13-16(25)11-14-3-5-15(6-4-14)24(28)29;3-1(4)2(5)6/h3-6,12,16,25H,7-11,13H2,1-2H3;(H,3,4)(H,5,6). The molecule has 1 aliphatic heterocycles. The van der Waals surface area contributed by atoms with Crippen LogP contribution in [0.4, 0.5) is 11.5 Å². The smallest absolute Gasteiger partial charge is 0.414 e. The fourth-order valence-electron chi connectivity index (χ4n) is 3.57. The van der Waals surface area contributed by atoms with Crippen molar-refractivity contribution >= 4 is 23.4 Å². The molecule has 0 spiro atoms. The van der Waals surface area contributed by atoms with E-state index in [1.807, 2.05) is 4.90 Å². The van der Waals surface area contributed by atoms with Gasteiger partial charge in [0, 0.05) is 65.0 Å². The molecule has 0 bridgehead atoms. The molecule has 1 saturated heterocycles. The number of anilines is 1. The average Bonchev–Trinajstić information content (AvgIpc) is 2.81. The molecular weight excluding hydrogens is 466 g/mol. The second-order valence-electron chi connectivity index (χ2n) is 7.92. The third-order valence-corrected chi connectivity index (χ3v) is 5.47. The Balaban J connectivity index is 0.000000641. The third-order valence-electron chi connectivity index (χ3n) is 5.47. The van der Waals surface area contributed by atoms with Gasteiger partial charge >= 0.3 is 17.6 Å². The number of rotatable bonds is 6. The lowest BCUT2D eigenvalue weighted by Crippen LogP contribution is -2.51. The van der Waals surface area contributed by atoms with E-state index < -0.39 is 23.0 Å². The minimum atomic E-state index is -1.82. The average molecular weight is 493 g/mol. The molecular formula is C21H27N5O9. The molecule has 14 nitrogen and oxygen atoms in total. The Labute approximate surface area is 199 Å².